The second-order valence-electron chi connectivity index (χ2n) is 6.39. The van der Waals surface area contributed by atoms with Gasteiger partial charge in [-0.3, -0.25) is 14.7 Å². The standard InChI is InChI=1S/C17H27N3O/c1-13-7-6-8-14(2)17(13)20(3)12-16(21)19-11-15-9-4-5-10-18-15/h4-5,9-10,13-14,17H,6-8,11-12H2,1-3H3,(H,19,21)/t13-,14-/m1/s1. The van der Waals surface area contributed by atoms with Gasteiger partial charge in [-0.25, -0.2) is 0 Å². The van der Waals surface area contributed by atoms with Crippen LogP contribution >= 0.6 is 0 Å². The third-order valence-electron chi connectivity index (χ3n) is 4.58. The number of amides is 1. The third kappa shape index (κ3) is 4.53. The van der Waals surface area contributed by atoms with Gasteiger partial charge in [-0.05, 0) is 43.9 Å². The van der Waals surface area contributed by atoms with Crippen LogP contribution in [0.4, 0.5) is 0 Å². The highest BCUT2D eigenvalue weighted by molar-refractivity contribution is 5.77. The lowest BCUT2D eigenvalue weighted by molar-refractivity contribution is -0.123. The van der Waals surface area contributed by atoms with Gasteiger partial charge < -0.3 is 5.32 Å². The molecule has 0 saturated heterocycles. The van der Waals surface area contributed by atoms with Crippen LogP contribution in [0.1, 0.15) is 38.8 Å². The van der Waals surface area contributed by atoms with E-state index in [1.165, 1.54) is 19.3 Å². The molecule has 1 aromatic rings. The number of pyridine rings is 1. The van der Waals surface area contributed by atoms with Crippen LogP contribution in [0.5, 0.6) is 0 Å². The SMILES string of the molecule is C[C@@H]1CCC[C@@H](C)C1N(C)CC(=O)NCc1ccccn1. The summed E-state index contributed by atoms with van der Waals surface area (Å²) in [4.78, 5) is 18.5. The molecule has 1 aromatic heterocycles. The zero-order valence-corrected chi connectivity index (χ0v) is 13.4. The quantitative estimate of drug-likeness (QED) is 0.905. The summed E-state index contributed by atoms with van der Waals surface area (Å²) < 4.78 is 0. The summed E-state index contributed by atoms with van der Waals surface area (Å²) in [5, 5.41) is 2.96. The van der Waals surface area contributed by atoms with Crippen LogP contribution in [0.25, 0.3) is 0 Å². The molecule has 116 valence electrons. The number of hydrogen-bond donors (Lipinski definition) is 1. The fourth-order valence-corrected chi connectivity index (χ4v) is 3.61. The molecule has 2 atom stereocenters. The van der Waals surface area contributed by atoms with E-state index in [1.54, 1.807) is 6.20 Å². The molecule has 4 nitrogen and oxygen atoms in total. The maximum atomic E-state index is 12.1. The van der Waals surface area contributed by atoms with Gasteiger partial charge in [0.25, 0.3) is 0 Å². The van der Waals surface area contributed by atoms with Crippen molar-refractivity contribution in [2.75, 3.05) is 13.6 Å². The normalized spacial score (nSPS) is 23.2. The van der Waals surface area contributed by atoms with Crippen LogP contribution in [-0.2, 0) is 11.3 Å². The van der Waals surface area contributed by atoms with Crippen LogP contribution in [-0.4, -0.2) is 35.4 Å². The summed E-state index contributed by atoms with van der Waals surface area (Å²) in [5.41, 5.74) is 0.896. The van der Waals surface area contributed by atoms with Crippen molar-refractivity contribution in [2.24, 2.45) is 11.8 Å². The molecule has 2 rings (SSSR count). The summed E-state index contributed by atoms with van der Waals surface area (Å²) >= 11 is 0. The average Bonchev–Trinajstić information content (AvgIpc) is 2.46. The fourth-order valence-electron chi connectivity index (χ4n) is 3.61. The largest absolute Gasteiger partial charge is 0.349 e. The van der Waals surface area contributed by atoms with E-state index in [0.717, 1.165) is 5.69 Å². The van der Waals surface area contributed by atoms with Crippen molar-refractivity contribution in [3.05, 3.63) is 30.1 Å². The first kappa shape index (κ1) is 16.0. The molecule has 0 aromatic carbocycles. The van der Waals surface area contributed by atoms with Crippen LogP contribution in [0.3, 0.4) is 0 Å². The Hall–Kier alpha value is -1.42. The van der Waals surface area contributed by atoms with Crippen molar-refractivity contribution >= 4 is 5.91 Å². The van der Waals surface area contributed by atoms with E-state index >= 15 is 0 Å². The molecular weight excluding hydrogens is 262 g/mol. The van der Waals surface area contributed by atoms with E-state index in [4.69, 9.17) is 0 Å². The van der Waals surface area contributed by atoms with Gasteiger partial charge in [-0.2, -0.15) is 0 Å². The van der Waals surface area contributed by atoms with Crippen molar-refractivity contribution in [2.45, 2.75) is 45.7 Å². The monoisotopic (exact) mass is 289 g/mol. The van der Waals surface area contributed by atoms with Crippen molar-refractivity contribution in [3.63, 3.8) is 0 Å². The highest BCUT2D eigenvalue weighted by Crippen LogP contribution is 2.31. The molecule has 1 aliphatic carbocycles. The molecular formula is C17H27N3O. The highest BCUT2D eigenvalue weighted by Gasteiger charge is 2.31. The Bertz CT molecular complexity index is 439. The zero-order valence-electron chi connectivity index (χ0n) is 13.4. The van der Waals surface area contributed by atoms with Gasteiger partial charge in [0, 0.05) is 12.2 Å². The topological polar surface area (TPSA) is 45.2 Å². The van der Waals surface area contributed by atoms with Crippen LogP contribution in [0.15, 0.2) is 24.4 Å². The molecule has 1 amide bonds. The van der Waals surface area contributed by atoms with Crippen molar-refractivity contribution in [3.8, 4) is 0 Å². The molecule has 0 unspecified atom stereocenters. The summed E-state index contributed by atoms with van der Waals surface area (Å²) in [6.45, 7) is 5.58. The van der Waals surface area contributed by atoms with Crippen molar-refractivity contribution in [1.29, 1.82) is 0 Å². The van der Waals surface area contributed by atoms with Gasteiger partial charge in [-0.15, -0.1) is 0 Å². The first-order valence-electron chi connectivity index (χ1n) is 7.94. The first-order valence-corrected chi connectivity index (χ1v) is 7.94. The van der Waals surface area contributed by atoms with Gasteiger partial charge >= 0.3 is 0 Å². The maximum Gasteiger partial charge on any atom is 0.234 e. The van der Waals surface area contributed by atoms with Crippen LogP contribution < -0.4 is 5.32 Å². The van der Waals surface area contributed by atoms with E-state index in [2.05, 4.69) is 36.1 Å². The minimum absolute atomic E-state index is 0.0770. The molecule has 1 aliphatic rings. The second kappa shape index (κ2) is 7.55. The Morgan fingerprint density at radius 3 is 2.67 bits per heavy atom. The smallest absolute Gasteiger partial charge is 0.234 e. The van der Waals surface area contributed by atoms with E-state index in [9.17, 15) is 4.79 Å². The number of carbonyl (C=O) groups excluding carboxylic acids is 1. The molecule has 0 aliphatic heterocycles. The predicted molar refractivity (Wildman–Crippen MR) is 84.7 cm³/mol. The Kier molecular flexibility index (Phi) is 5.74. The van der Waals surface area contributed by atoms with Gasteiger partial charge in [-0.1, -0.05) is 26.3 Å². The van der Waals surface area contributed by atoms with Gasteiger partial charge in [0.15, 0.2) is 0 Å². The molecule has 0 spiro atoms. The lowest BCUT2D eigenvalue weighted by Crippen LogP contribution is -2.47. The van der Waals surface area contributed by atoms with Gasteiger partial charge in [0.1, 0.15) is 0 Å². The molecule has 1 N–H and O–H groups in total. The first-order chi connectivity index (χ1) is 10.1. The van der Waals surface area contributed by atoms with Crippen LogP contribution in [0.2, 0.25) is 0 Å². The molecule has 0 bridgehead atoms. The number of nitrogens with zero attached hydrogens (tertiary/aromatic N) is 2. The summed E-state index contributed by atoms with van der Waals surface area (Å²) in [7, 11) is 2.07. The maximum absolute atomic E-state index is 12.1. The number of likely N-dealkylation sites (N-methyl/N-ethyl adjacent to an activating group) is 1. The third-order valence-corrected chi connectivity index (χ3v) is 4.58. The highest BCUT2D eigenvalue weighted by atomic mass is 16.2. The van der Waals surface area contributed by atoms with E-state index in [0.29, 0.717) is 31.0 Å². The van der Waals surface area contributed by atoms with E-state index < -0.39 is 0 Å². The number of carbonyl (C=O) groups is 1. The Labute approximate surface area is 127 Å². The average molecular weight is 289 g/mol. The van der Waals surface area contributed by atoms with Crippen molar-refractivity contribution < 1.29 is 4.79 Å². The minimum Gasteiger partial charge on any atom is -0.349 e. The number of aromatic nitrogens is 1. The van der Waals surface area contributed by atoms with Crippen molar-refractivity contribution in [1.82, 2.24) is 15.2 Å². The lowest BCUT2D eigenvalue weighted by atomic mass is 9.78. The molecule has 21 heavy (non-hydrogen) atoms. The second-order valence-corrected chi connectivity index (χ2v) is 6.39. The number of nitrogens with one attached hydrogen (secondary N) is 1. The van der Waals surface area contributed by atoms with Crippen LogP contribution in [0, 0.1) is 11.8 Å². The fraction of sp³-hybridized carbons (Fsp3) is 0.647. The number of rotatable bonds is 5. The summed E-state index contributed by atoms with van der Waals surface area (Å²) in [5.74, 6) is 1.41. The lowest BCUT2D eigenvalue weighted by Gasteiger charge is -2.40. The number of hydrogen-bond acceptors (Lipinski definition) is 3. The Balaban J connectivity index is 1.81. The zero-order chi connectivity index (χ0) is 15.2. The Morgan fingerprint density at radius 2 is 2.05 bits per heavy atom. The molecule has 4 heteroatoms. The molecule has 1 heterocycles. The summed E-state index contributed by atoms with van der Waals surface area (Å²) in [6.07, 6.45) is 5.61. The minimum atomic E-state index is 0.0770. The van der Waals surface area contributed by atoms with E-state index in [-0.39, 0.29) is 5.91 Å². The van der Waals surface area contributed by atoms with E-state index in [1.807, 2.05) is 18.2 Å². The predicted octanol–water partition coefficient (Wildman–Crippen LogP) is 2.45. The molecule has 0 radical (unpaired) electrons. The molecule has 1 saturated carbocycles. The summed E-state index contributed by atoms with van der Waals surface area (Å²) in [6, 6.07) is 6.26. The van der Waals surface area contributed by atoms with Gasteiger partial charge in [0.05, 0.1) is 18.8 Å². The Morgan fingerprint density at radius 1 is 1.33 bits per heavy atom. The van der Waals surface area contributed by atoms with Gasteiger partial charge in [0.2, 0.25) is 5.91 Å². The molecule has 1 fully saturated rings.